The van der Waals surface area contributed by atoms with E-state index in [1.54, 1.807) is 24.3 Å². The van der Waals surface area contributed by atoms with Crippen LogP contribution in [-0.4, -0.2) is 45.4 Å². The summed E-state index contributed by atoms with van der Waals surface area (Å²) in [5.41, 5.74) is 2.83. The van der Waals surface area contributed by atoms with Crippen LogP contribution in [0.15, 0.2) is 53.4 Å². The van der Waals surface area contributed by atoms with Crippen molar-refractivity contribution in [1.82, 2.24) is 9.62 Å². The maximum absolute atomic E-state index is 13.1. The fourth-order valence-corrected chi connectivity index (χ4v) is 3.99. The van der Waals surface area contributed by atoms with Crippen LogP contribution in [0.3, 0.4) is 0 Å². The molecular weight excluding hydrogens is 364 g/mol. The van der Waals surface area contributed by atoms with Crippen LogP contribution in [0.5, 0.6) is 0 Å². The number of nitrogens with zero attached hydrogens (tertiary/aromatic N) is 1. The summed E-state index contributed by atoms with van der Waals surface area (Å²) in [6, 6.07) is 14.2. The molecule has 0 unspecified atom stereocenters. The average Bonchev–Trinajstić information content (AvgIpc) is 2.62. The molecule has 0 bridgehead atoms. The second-order valence-electron chi connectivity index (χ2n) is 6.42. The molecule has 0 aromatic heterocycles. The van der Waals surface area contributed by atoms with E-state index in [9.17, 15) is 13.2 Å². The van der Waals surface area contributed by atoms with Gasteiger partial charge in [0, 0.05) is 20.2 Å². The summed E-state index contributed by atoms with van der Waals surface area (Å²) in [5, 5.41) is 2.67. The van der Waals surface area contributed by atoms with E-state index in [0.29, 0.717) is 13.2 Å². The van der Waals surface area contributed by atoms with E-state index >= 15 is 0 Å². The lowest BCUT2D eigenvalue weighted by Gasteiger charge is -2.22. The summed E-state index contributed by atoms with van der Waals surface area (Å²) in [6.45, 7) is 4.40. The molecule has 0 atom stereocenters. The number of ether oxygens (including phenoxy) is 1. The van der Waals surface area contributed by atoms with Crippen molar-refractivity contribution >= 4 is 15.9 Å². The molecule has 27 heavy (non-hydrogen) atoms. The molecule has 2 aromatic rings. The molecule has 0 heterocycles. The summed E-state index contributed by atoms with van der Waals surface area (Å²) < 4.78 is 32.3. The fraction of sp³-hybridized carbons (Fsp3) is 0.350. The van der Waals surface area contributed by atoms with Gasteiger partial charge in [0.1, 0.15) is 0 Å². The Kier molecular flexibility index (Phi) is 7.53. The zero-order chi connectivity index (χ0) is 19.9. The molecule has 0 spiro atoms. The summed E-state index contributed by atoms with van der Waals surface area (Å²) in [4.78, 5) is 12.4. The van der Waals surface area contributed by atoms with E-state index in [1.165, 1.54) is 11.4 Å². The maximum Gasteiger partial charge on any atom is 0.243 e. The molecule has 0 aliphatic carbocycles. The Bertz CT molecular complexity index is 864. The molecule has 1 amide bonds. The first-order valence-corrected chi connectivity index (χ1v) is 10.1. The fourth-order valence-electron chi connectivity index (χ4n) is 2.61. The number of sulfonamides is 1. The molecule has 0 fully saturated rings. The van der Waals surface area contributed by atoms with Gasteiger partial charge in [-0.2, -0.15) is 4.31 Å². The second kappa shape index (κ2) is 9.64. The lowest BCUT2D eigenvalue weighted by molar-refractivity contribution is -0.121. The first kappa shape index (κ1) is 21.1. The standard InChI is InChI=1S/C20H26N2O4S/c1-16-7-9-19(10-8-16)27(24,25)22(15-20(23)21-11-12-26-3)14-18-6-4-5-17(2)13-18/h4-10,13H,11-12,14-15H2,1-3H3,(H,21,23). The Hall–Kier alpha value is -2.22. The van der Waals surface area contributed by atoms with Crippen LogP contribution in [0.1, 0.15) is 16.7 Å². The van der Waals surface area contributed by atoms with Gasteiger partial charge in [0.25, 0.3) is 0 Å². The molecule has 0 saturated carbocycles. The van der Waals surface area contributed by atoms with E-state index in [4.69, 9.17) is 4.74 Å². The molecule has 6 nitrogen and oxygen atoms in total. The molecule has 0 saturated heterocycles. The van der Waals surface area contributed by atoms with Crippen LogP contribution in [0.4, 0.5) is 0 Å². The van der Waals surface area contributed by atoms with E-state index in [-0.39, 0.29) is 23.9 Å². The van der Waals surface area contributed by atoms with Crippen molar-refractivity contribution in [1.29, 1.82) is 0 Å². The van der Waals surface area contributed by atoms with Crippen LogP contribution in [0, 0.1) is 13.8 Å². The number of carbonyl (C=O) groups is 1. The monoisotopic (exact) mass is 390 g/mol. The van der Waals surface area contributed by atoms with Crippen molar-refractivity contribution < 1.29 is 17.9 Å². The van der Waals surface area contributed by atoms with Crippen molar-refractivity contribution in [2.24, 2.45) is 0 Å². The molecule has 0 aliphatic heterocycles. The smallest absolute Gasteiger partial charge is 0.243 e. The summed E-state index contributed by atoms with van der Waals surface area (Å²) in [7, 11) is -2.27. The number of hydrogen-bond acceptors (Lipinski definition) is 4. The van der Waals surface area contributed by atoms with Crippen LogP contribution >= 0.6 is 0 Å². The zero-order valence-electron chi connectivity index (χ0n) is 15.9. The molecular formula is C20H26N2O4S. The first-order valence-electron chi connectivity index (χ1n) is 8.71. The number of methoxy groups -OCH3 is 1. The van der Waals surface area contributed by atoms with Crippen LogP contribution in [0.2, 0.25) is 0 Å². The number of amides is 1. The first-order chi connectivity index (χ1) is 12.8. The number of nitrogens with one attached hydrogen (secondary N) is 1. The number of benzene rings is 2. The number of rotatable bonds is 9. The second-order valence-corrected chi connectivity index (χ2v) is 8.36. The summed E-state index contributed by atoms with van der Waals surface area (Å²) in [6.07, 6.45) is 0. The molecule has 0 radical (unpaired) electrons. The molecule has 2 rings (SSSR count). The van der Waals surface area contributed by atoms with Crippen molar-refractivity contribution in [2.45, 2.75) is 25.3 Å². The summed E-state index contributed by atoms with van der Waals surface area (Å²) in [5.74, 6) is -0.365. The maximum atomic E-state index is 13.1. The molecule has 2 aromatic carbocycles. The van der Waals surface area contributed by atoms with Gasteiger partial charge < -0.3 is 10.1 Å². The normalized spacial score (nSPS) is 11.6. The Labute approximate surface area is 161 Å². The third-order valence-corrected chi connectivity index (χ3v) is 5.85. The predicted octanol–water partition coefficient (Wildman–Crippen LogP) is 2.26. The van der Waals surface area contributed by atoms with Crippen LogP contribution in [0.25, 0.3) is 0 Å². The minimum Gasteiger partial charge on any atom is -0.383 e. The van der Waals surface area contributed by atoms with E-state index in [2.05, 4.69) is 5.32 Å². The van der Waals surface area contributed by atoms with Gasteiger partial charge >= 0.3 is 0 Å². The van der Waals surface area contributed by atoms with Crippen molar-refractivity contribution in [3.8, 4) is 0 Å². The third-order valence-electron chi connectivity index (χ3n) is 4.05. The van der Waals surface area contributed by atoms with Gasteiger partial charge in [-0.25, -0.2) is 8.42 Å². The Morgan fingerprint density at radius 1 is 1.07 bits per heavy atom. The third kappa shape index (κ3) is 6.16. The van der Waals surface area contributed by atoms with Gasteiger partial charge in [-0.1, -0.05) is 47.5 Å². The van der Waals surface area contributed by atoms with Gasteiger partial charge in [-0.05, 0) is 31.5 Å². The van der Waals surface area contributed by atoms with E-state index in [1.807, 2.05) is 38.1 Å². The van der Waals surface area contributed by atoms with E-state index in [0.717, 1.165) is 16.7 Å². The van der Waals surface area contributed by atoms with Crippen molar-refractivity contribution in [2.75, 3.05) is 26.8 Å². The molecule has 1 N–H and O–H groups in total. The Morgan fingerprint density at radius 3 is 2.41 bits per heavy atom. The lowest BCUT2D eigenvalue weighted by Crippen LogP contribution is -2.41. The number of hydrogen-bond donors (Lipinski definition) is 1. The van der Waals surface area contributed by atoms with Crippen molar-refractivity contribution in [3.05, 3.63) is 65.2 Å². The number of carbonyl (C=O) groups excluding carboxylic acids is 1. The molecule has 0 aliphatic rings. The molecule has 146 valence electrons. The highest BCUT2D eigenvalue weighted by Gasteiger charge is 2.26. The minimum absolute atomic E-state index is 0.121. The SMILES string of the molecule is COCCNC(=O)CN(Cc1cccc(C)c1)S(=O)(=O)c1ccc(C)cc1. The Balaban J connectivity index is 2.27. The number of aryl methyl sites for hydroxylation is 2. The highest BCUT2D eigenvalue weighted by atomic mass is 32.2. The average molecular weight is 391 g/mol. The van der Waals surface area contributed by atoms with Crippen molar-refractivity contribution in [3.63, 3.8) is 0 Å². The predicted molar refractivity (Wildman–Crippen MR) is 105 cm³/mol. The van der Waals surface area contributed by atoms with Gasteiger partial charge in [-0.15, -0.1) is 0 Å². The summed E-state index contributed by atoms with van der Waals surface area (Å²) >= 11 is 0. The van der Waals surface area contributed by atoms with Crippen LogP contribution in [-0.2, 0) is 26.1 Å². The highest BCUT2D eigenvalue weighted by Crippen LogP contribution is 2.19. The zero-order valence-corrected chi connectivity index (χ0v) is 16.8. The van der Waals surface area contributed by atoms with Gasteiger partial charge in [0.05, 0.1) is 18.0 Å². The minimum atomic E-state index is -3.81. The topological polar surface area (TPSA) is 75.7 Å². The van der Waals surface area contributed by atoms with E-state index < -0.39 is 10.0 Å². The Morgan fingerprint density at radius 2 is 1.78 bits per heavy atom. The van der Waals surface area contributed by atoms with Gasteiger partial charge in [0.15, 0.2) is 0 Å². The quantitative estimate of drug-likeness (QED) is 0.667. The largest absolute Gasteiger partial charge is 0.383 e. The molecule has 7 heteroatoms. The van der Waals surface area contributed by atoms with Gasteiger partial charge in [-0.3, -0.25) is 4.79 Å². The van der Waals surface area contributed by atoms with Gasteiger partial charge in [0.2, 0.25) is 15.9 Å². The lowest BCUT2D eigenvalue weighted by atomic mass is 10.1. The van der Waals surface area contributed by atoms with Crippen LogP contribution < -0.4 is 5.32 Å². The highest BCUT2D eigenvalue weighted by molar-refractivity contribution is 7.89.